The number of rotatable bonds is 4. The predicted octanol–water partition coefficient (Wildman–Crippen LogP) is 2.51. The van der Waals surface area contributed by atoms with E-state index in [9.17, 15) is 4.79 Å². The van der Waals surface area contributed by atoms with Gasteiger partial charge in [0.2, 0.25) is 11.7 Å². The molecule has 1 saturated heterocycles. The zero-order valence-electron chi connectivity index (χ0n) is 14.2. The number of hydrogen-bond donors (Lipinski definition) is 0. The lowest BCUT2D eigenvalue weighted by Gasteiger charge is -2.21. The molecular formula is C18H17N5O3. The first-order valence-corrected chi connectivity index (χ1v) is 8.31. The summed E-state index contributed by atoms with van der Waals surface area (Å²) in [6.45, 7) is 0.625. The van der Waals surface area contributed by atoms with Gasteiger partial charge in [0.1, 0.15) is 17.5 Å². The van der Waals surface area contributed by atoms with Gasteiger partial charge in [-0.1, -0.05) is 5.16 Å². The van der Waals surface area contributed by atoms with Crippen molar-refractivity contribution in [1.29, 1.82) is 0 Å². The number of aromatic nitrogens is 4. The van der Waals surface area contributed by atoms with Crippen LogP contribution < -0.4 is 4.74 Å². The highest BCUT2D eigenvalue weighted by Gasteiger charge is 2.35. The van der Waals surface area contributed by atoms with E-state index < -0.39 is 0 Å². The first-order valence-electron chi connectivity index (χ1n) is 8.31. The van der Waals surface area contributed by atoms with Crippen LogP contribution in [-0.4, -0.2) is 44.6 Å². The Morgan fingerprint density at radius 3 is 2.85 bits per heavy atom. The highest BCUT2D eigenvalue weighted by molar-refractivity contribution is 5.92. The molecule has 1 aliphatic heterocycles. The monoisotopic (exact) mass is 351 g/mol. The van der Waals surface area contributed by atoms with E-state index in [1.807, 2.05) is 24.3 Å². The van der Waals surface area contributed by atoms with Gasteiger partial charge in [-0.3, -0.25) is 9.78 Å². The number of methoxy groups -OCH3 is 1. The zero-order valence-corrected chi connectivity index (χ0v) is 14.2. The second kappa shape index (κ2) is 6.91. The van der Waals surface area contributed by atoms with E-state index >= 15 is 0 Å². The molecule has 1 amide bonds. The molecule has 8 heteroatoms. The van der Waals surface area contributed by atoms with Gasteiger partial charge in [0.15, 0.2) is 0 Å². The summed E-state index contributed by atoms with van der Waals surface area (Å²) in [5.74, 6) is 1.51. The highest BCUT2D eigenvalue weighted by atomic mass is 16.5. The summed E-state index contributed by atoms with van der Waals surface area (Å²) >= 11 is 0. The first kappa shape index (κ1) is 16.2. The molecule has 0 aliphatic carbocycles. The molecule has 1 aliphatic rings. The summed E-state index contributed by atoms with van der Waals surface area (Å²) in [5.41, 5.74) is 1.14. The van der Waals surface area contributed by atoms with Gasteiger partial charge in [-0.05, 0) is 37.1 Å². The van der Waals surface area contributed by atoms with Crippen LogP contribution in [0.5, 0.6) is 5.75 Å². The Kier molecular flexibility index (Phi) is 4.30. The lowest BCUT2D eigenvalue weighted by atomic mass is 10.2. The average Bonchev–Trinajstić information content (AvgIpc) is 3.37. The Hall–Kier alpha value is -3.29. The molecule has 3 aromatic rings. The SMILES string of the molecule is COc1ccc(-c2noc(C3CCCN3C(=O)c3cnccn3)n2)cc1. The van der Waals surface area contributed by atoms with Gasteiger partial charge < -0.3 is 14.2 Å². The van der Waals surface area contributed by atoms with Crippen molar-refractivity contribution in [2.75, 3.05) is 13.7 Å². The minimum Gasteiger partial charge on any atom is -0.497 e. The van der Waals surface area contributed by atoms with E-state index in [4.69, 9.17) is 9.26 Å². The third kappa shape index (κ3) is 3.01. The first-order chi connectivity index (χ1) is 12.8. The summed E-state index contributed by atoms with van der Waals surface area (Å²) in [4.78, 5) is 27.0. The van der Waals surface area contributed by atoms with Crippen molar-refractivity contribution in [1.82, 2.24) is 25.0 Å². The van der Waals surface area contributed by atoms with Crippen molar-refractivity contribution in [2.24, 2.45) is 0 Å². The Bertz CT molecular complexity index is 895. The van der Waals surface area contributed by atoms with Gasteiger partial charge in [0.25, 0.3) is 5.91 Å². The molecule has 4 rings (SSSR count). The number of amides is 1. The predicted molar refractivity (Wildman–Crippen MR) is 91.3 cm³/mol. The van der Waals surface area contributed by atoms with Gasteiger partial charge in [-0.15, -0.1) is 0 Å². The van der Waals surface area contributed by atoms with E-state index in [-0.39, 0.29) is 11.9 Å². The third-order valence-corrected chi connectivity index (χ3v) is 4.37. The molecule has 132 valence electrons. The van der Waals surface area contributed by atoms with Gasteiger partial charge in [0.05, 0.1) is 13.3 Å². The molecule has 26 heavy (non-hydrogen) atoms. The van der Waals surface area contributed by atoms with Crippen LogP contribution in [0.1, 0.15) is 35.3 Å². The van der Waals surface area contributed by atoms with Crippen LogP contribution in [0.2, 0.25) is 0 Å². The molecule has 1 aromatic carbocycles. The zero-order chi connectivity index (χ0) is 17.9. The van der Waals surface area contributed by atoms with Gasteiger partial charge in [0, 0.05) is 24.5 Å². The minimum atomic E-state index is -0.246. The molecule has 1 atom stereocenters. The fraction of sp³-hybridized carbons (Fsp3) is 0.278. The average molecular weight is 351 g/mol. The highest BCUT2D eigenvalue weighted by Crippen LogP contribution is 2.33. The van der Waals surface area contributed by atoms with Crippen LogP contribution in [0.3, 0.4) is 0 Å². The third-order valence-electron chi connectivity index (χ3n) is 4.37. The van der Waals surface area contributed by atoms with Crippen LogP contribution in [0.15, 0.2) is 47.4 Å². The molecule has 1 unspecified atom stereocenters. The second-order valence-electron chi connectivity index (χ2n) is 5.93. The molecule has 0 radical (unpaired) electrons. The topological polar surface area (TPSA) is 94.2 Å². The standard InChI is InChI=1S/C18H17N5O3/c1-25-13-6-4-12(5-7-13)16-21-17(26-22-16)15-3-2-10-23(15)18(24)14-11-19-8-9-20-14/h4-9,11,15H,2-3,10H2,1H3. The Balaban J connectivity index is 1.57. The van der Waals surface area contributed by atoms with Crippen LogP contribution >= 0.6 is 0 Å². The number of carbonyl (C=O) groups is 1. The molecule has 0 bridgehead atoms. The van der Waals surface area contributed by atoms with E-state index in [1.54, 1.807) is 12.0 Å². The van der Waals surface area contributed by atoms with Crippen LogP contribution in [0.4, 0.5) is 0 Å². The Labute approximate surface area is 149 Å². The molecule has 3 heterocycles. The van der Waals surface area contributed by atoms with Crippen molar-refractivity contribution >= 4 is 5.91 Å². The molecule has 0 saturated carbocycles. The number of nitrogens with zero attached hydrogens (tertiary/aromatic N) is 5. The van der Waals surface area contributed by atoms with E-state index in [1.165, 1.54) is 18.6 Å². The molecule has 1 fully saturated rings. The summed E-state index contributed by atoms with van der Waals surface area (Å²) < 4.78 is 10.6. The number of ether oxygens (including phenoxy) is 1. The van der Waals surface area contributed by atoms with Crippen molar-refractivity contribution in [2.45, 2.75) is 18.9 Å². The maximum absolute atomic E-state index is 12.7. The fourth-order valence-electron chi connectivity index (χ4n) is 3.05. The van der Waals surface area contributed by atoms with E-state index in [2.05, 4.69) is 20.1 Å². The molecule has 0 spiro atoms. The van der Waals surface area contributed by atoms with Gasteiger partial charge in [-0.25, -0.2) is 4.98 Å². The molecule has 0 N–H and O–H groups in total. The number of benzene rings is 1. The van der Waals surface area contributed by atoms with Crippen molar-refractivity contribution in [3.63, 3.8) is 0 Å². The molecule has 8 nitrogen and oxygen atoms in total. The van der Waals surface area contributed by atoms with E-state index in [0.717, 1.165) is 24.2 Å². The summed E-state index contributed by atoms with van der Waals surface area (Å²) in [6.07, 6.45) is 6.16. The second-order valence-corrected chi connectivity index (χ2v) is 5.93. The maximum atomic E-state index is 12.7. The number of carbonyl (C=O) groups excluding carboxylic acids is 1. The van der Waals surface area contributed by atoms with E-state index in [0.29, 0.717) is 24.0 Å². The lowest BCUT2D eigenvalue weighted by Crippen LogP contribution is -2.31. The Morgan fingerprint density at radius 1 is 1.27 bits per heavy atom. The minimum absolute atomic E-state index is 0.176. The van der Waals surface area contributed by atoms with Crippen LogP contribution in [-0.2, 0) is 0 Å². The summed E-state index contributed by atoms with van der Waals surface area (Å²) in [6, 6.07) is 7.16. The fourth-order valence-corrected chi connectivity index (χ4v) is 3.05. The van der Waals surface area contributed by atoms with Crippen molar-refractivity contribution in [3.05, 3.63) is 54.4 Å². The van der Waals surface area contributed by atoms with Gasteiger partial charge >= 0.3 is 0 Å². The summed E-state index contributed by atoms with van der Waals surface area (Å²) in [5, 5.41) is 4.06. The summed E-state index contributed by atoms with van der Waals surface area (Å²) in [7, 11) is 1.62. The maximum Gasteiger partial charge on any atom is 0.274 e. The van der Waals surface area contributed by atoms with Gasteiger partial charge in [-0.2, -0.15) is 4.98 Å². The smallest absolute Gasteiger partial charge is 0.274 e. The molecular weight excluding hydrogens is 334 g/mol. The van der Waals surface area contributed by atoms with Crippen LogP contribution in [0.25, 0.3) is 11.4 Å². The largest absolute Gasteiger partial charge is 0.497 e. The number of likely N-dealkylation sites (tertiary alicyclic amines) is 1. The van der Waals surface area contributed by atoms with Crippen LogP contribution in [0, 0.1) is 0 Å². The van der Waals surface area contributed by atoms with Crippen molar-refractivity contribution in [3.8, 4) is 17.1 Å². The Morgan fingerprint density at radius 2 is 2.12 bits per heavy atom. The normalized spacial score (nSPS) is 16.7. The van der Waals surface area contributed by atoms with Crippen molar-refractivity contribution < 1.29 is 14.1 Å². The molecule has 2 aromatic heterocycles. The quantitative estimate of drug-likeness (QED) is 0.713. The number of hydrogen-bond acceptors (Lipinski definition) is 7. The lowest BCUT2D eigenvalue weighted by molar-refractivity contribution is 0.0703.